The highest BCUT2D eigenvalue weighted by atomic mass is 19.1. The van der Waals surface area contributed by atoms with Crippen molar-refractivity contribution < 1.29 is 19.0 Å². The maximum absolute atomic E-state index is 11.9. The third-order valence-electron chi connectivity index (χ3n) is 3.37. The minimum atomic E-state index is -0.763. The van der Waals surface area contributed by atoms with E-state index < -0.39 is 18.1 Å². The molecule has 2 rings (SSSR count). The second kappa shape index (κ2) is 4.73. The Morgan fingerprint density at radius 3 is 2.41 bits per heavy atom. The maximum atomic E-state index is 11.9. The average Bonchev–Trinajstić information content (AvgIpc) is 2.26. The molecule has 1 N–H and O–H groups in total. The molecular weight excluding hydrogens is 223 g/mol. The van der Waals surface area contributed by atoms with Gasteiger partial charge >= 0.3 is 5.97 Å². The molecule has 3 nitrogen and oxygen atoms in total. The van der Waals surface area contributed by atoms with Gasteiger partial charge in [0.15, 0.2) is 0 Å². The van der Waals surface area contributed by atoms with Crippen LogP contribution in [0.4, 0.5) is 4.39 Å². The molecule has 1 saturated carbocycles. The van der Waals surface area contributed by atoms with E-state index in [0.29, 0.717) is 18.6 Å². The molecule has 0 bridgehead atoms. The molecule has 1 aromatic rings. The Balaban J connectivity index is 2.14. The summed E-state index contributed by atoms with van der Waals surface area (Å²) in [6, 6.07) is 6.93. The predicted octanol–water partition coefficient (Wildman–Crippen LogP) is 2.54. The Kier molecular flexibility index (Phi) is 3.31. The molecule has 92 valence electrons. The lowest BCUT2D eigenvalue weighted by Gasteiger charge is -2.38. The van der Waals surface area contributed by atoms with Crippen molar-refractivity contribution in [3.05, 3.63) is 29.8 Å². The number of aliphatic carboxylic acids is 1. The molecule has 0 aromatic heterocycles. The van der Waals surface area contributed by atoms with Crippen molar-refractivity contribution in [1.29, 1.82) is 0 Å². The normalized spacial score (nSPS) is 17.2. The summed E-state index contributed by atoms with van der Waals surface area (Å²) in [6.07, 6.45) is 2.33. The number of rotatable bonds is 5. The quantitative estimate of drug-likeness (QED) is 0.857. The van der Waals surface area contributed by atoms with Crippen molar-refractivity contribution in [2.24, 2.45) is 0 Å². The SMILES string of the molecule is O=C(O)C1(c2ccc(OCCF)cc2)CCC1. The first-order valence-electron chi connectivity index (χ1n) is 5.72. The Labute approximate surface area is 99.2 Å². The van der Waals surface area contributed by atoms with Crippen molar-refractivity contribution in [1.82, 2.24) is 0 Å². The predicted molar refractivity (Wildman–Crippen MR) is 61.1 cm³/mol. The molecule has 1 aliphatic carbocycles. The first-order chi connectivity index (χ1) is 8.19. The van der Waals surface area contributed by atoms with Crippen LogP contribution in [0.3, 0.4) is 0 Å². The summed E-state index contributed by atoms with van der Waals surface area (Å²) in [6.45, 7) is -0.496. The molecule has 4 heteroatoms. The lowest BCUT2D eigenvalue weighted by molar-refractivity contribution is -0.147. The van der Waals surface area contributed by atoms with Crippen LogP contribution in [-0.2, 0) is 10.2 Å². The van der Waals surface area contributed by atoms with Gasteiger partial charge in [0.2, 0.25) is 0 Å². The van der Waals surface area contributed by atoms with Gasteiger partial charge in [-0.1, -0.05) is 18.6 Å². The van der Waals surface area contributed by atoms with Gasteiger partial charge < -0.3 is 9.84 Å². The molecule has 1 aromatic carbocycles. The van der Waals surface area contributed by atoms with E-state index in [-0.39, 0.29) is 6.61 Å². The lowest BCUT2D eigenvalue weighted by Crippen LogP contribution is -2.42. The molecule has 0 saturated heterocycles. The molecule has 0 aliphatic heterocycles. The molecule has 17 heavy (non-hydrogen) atoms. The Bertz CT molecular complexity index is 396. The van der Waals surface area contributed by atoms with Crippen LogP contribution in [0, 0.1) is 0 Å². The summed E-state index contributed by atoms with van der Waals surface area (Å²) in [5.41, 5.74) is 0.0994. The number of ether oxygens (including phenoxy) is 1. The van der Waals surface area contributed by atoms with Gasteiger partial charge in [0.1, 0.15) is 19.0 Å². The highest BCUT2D eigenvalue weighted by molar-refractivity contribution is 5.82. The van der Waals surface area contributed by atoms with Gasteiger partial charge in [-0.25, -0.2) is 4.39 Å². The largest absolute Gasteiger partial charge is 0.491 e. The van der Waals surface area contributed by atoms with Crippen molar-refractivity contribution in [3.63, 3.8) is 0 Å². The van der Waals surface area contributed by atoms with Crippen LogP contribution in [-0.4, -0.2) is 24.4 Å². The minimum Gasteiger partial charge on any atom is -0.491 e. The molecule has 1 aliphatic rings. The third kappa shape index (κ3) is 2.12. The fourth-order valence-corrected chi connectivity index (χ4v) is 2.18. The van der Waals surface area contributed by atoms with Crippen molar-refractivity contribution in [3.8, 4) is 5.75 Å². The average molecular weight is 238 g/mol. The van der Waals surface area contributed by atoms with E-state index in [2.05, 4.69) is 0 Å². The number of alkyl halides is 1. The minimum absolute atomic E-state index is 0.0312. The van der Waals surface area contributed by atoms with Crippen LogP contribution < -0.4 is 4.74 Å². The summed E-state index contributed by atoms with van der Waals surface area (Å²) in [7, 11) is 0. The van der Waals surface area contributed by atoms with Crippen molar-refractivity contribution in [2.75, 3.05) is 13.3 Å². The number of halogens is 1. The highest BCUT2D eigenvalue weighted by Crippen LogP contribution is 2.44. The number of benzene rings is 1. The van der Waals surface area contributed by atoms with Gasteiger partial charge in [0.25, 0.3) is 0 Å². The van der Waals surface area contributed by atoms with Crippen molar-refractivity contribution >= 4 is 5.97 Å². The summed E-state index contributed by atoms with van der Waals surface area (Å²) in [5, 5.41) is 9.27. The lowest BCUT2D eigenvalue weighted by atomic mass is 9.64. The smallest absolute Gasteiger partial charge is 0.314 e. The summed E-state index contributed by atoms with van der Waals surface area (Å²) >= 11 is 0. The molecule has 1 fully saturated rings. The number of hydrogen-bond acceptors (Lipinski definition) is 2. The molecule has 0 atom stereocenters. The number of carboxylic acids is 1. The number of hydrogen-bond donors (Lipinski definition) is 1. The van der Waals surface area contributed by atoms with E-state index in [4.69, 9.17) is 4.74 Å². The molecule has 0 spiro atoms. The van der Waals surface area contributed by atoms with Crippen LogP contribution >= 0.6 is 0 Å². The second-order valence-corrected chi connectivity index (χ2v) is 4.30. The summed E-state index contributed by atoms with van der Waals surface area (Å²) in [4.78, 5) is 11.3. The van der Waals surface area contributed by atoms with E-state index in [1.54, 1.807) is 24.3 Å². The highest BCUT2D eigenvalue weighted by Gasteiger charge is 2.45. The topological polar surface area (TPSA) is 46.5 Å². The molecule has 0 amide bonds. The zero-order valence-corrected chi connectivity index (χ0v) is 9.49. The number of carboxylic acid groups (broad SMARTS) is 1. The fraction of sp³-hybridized carbons (Fsp3) is 0.462. The molecule has 0 unspecified atom stereocenters. The first kappa shape index (κ1) is 11.9. The molecule has 0 radical (unpaired) electrons. The fourth-order valence-electron chi connectivity index (χ4n) is 2.18. The Hall–Kier alpha value is -1.58. The summed E-state index contributed by atoms with van der Waals surface area (Å²) < 4.78 is 17.0. The van der Waals surface area contributed by atoms with Crippen molar-refractivity contribution in [2.45, 2.75) is 24.7 Å². The van der Waals surface area contributed by atoms with Crippen LogP contribution in [0.1, 0.15) is 24.8 Å². The molecular formula is C13H15FO3. The third-order valence-corrected chi connectivity index (χ3v) is 3.37. The number of carbonyl (C=O) groups is 1. The van der Waals surface area contributed by atoms with Gasteiger partial charge in [-0.2, -0.15) is 0 Å². The van der Waals surface area contributed by atoms with Crippen LogP contribution in [0.15, 0.2) is 24.3 Å². The van der Waals surface area contributed by atoms with Gasteiger partial charge in [-0.15, -0.1) is 0 Å². The van der Waals surface area contributed by atoms with Gasteiger partial charge in [0.05, 0.1) is 5.41 Å². The maximum Gasteiger partial charge on any atom is 0.314 e. The van der Waals surface area contributed by atoms with E-state index in [1.165, 1.54) is 0 Å². The zero-order chi connectivity index (χ0) is 12.3. The standard InChI is InChI=1S/C13H15FO3/c14-8-9-17-11-4-2-10(3-5-11)13(12(15)16)6-1-7-13/h2-5H,1,6-9H2,(H,15,16). The van der Waals surface area contributed by atoms with Gasteiger partial charge in [-0.05, 0) is 30.5 Å². The second-order valence-electron chi connectivity index (χ2n) is 4.30. The Morgan fingerprint density at radius 2 is 2.00 bits per heavy atom. The first-order valence-corrected chi connectivity index (χ1v) is 5.72. The van der Waals surface area contributed by atoms with Gasteiger partial charge in [0, 0.05) is 0 Å². The van der Waals surface area contributed by atoms with Crippen LogP contribution in [0.25, 0.3) is 0 Å². The van der Waals surface area contributed by atoms with E-state index in [0.717, 1.165) is 12.0 Å². The van der Waals surface area contributed by atoms with Crippen LogP contribution in [0.2, 0.25) is 0 Å². The van der Waals surface area contributed by atoms with Gasteiger partial charge in [-0.3, -0.25) is 4.79 Å². The van der Waals surface area contributed by atoms with E-state index in [9.17, 15) is 14.3 Å². The van der Waals surface area contributed by atoms with Crippen LogP contribution in [0.5, 0.6) is 5.75 Å². The molecule has 0 heterocycles. The Morgan fingerprint density at radius 1 is 1.35 bits per heavy atom. The van der Waals surface area contributed by atoms with E-state index >= 15 is 0 Å². The summed E-state index contributed by atoms with van der Waals surface area (Å²) in [5.74, 6) is -0.188. The monoisotopic (exact) mass is 238 g/mol. The zero-order valence-electron chi connectivity index (χ0n) is 9.49. The van der Waals surface area contributed by atoms with E-state index in [1.807, 2.05) is 0 Å².